The average Bonchev–Trinajstić information content (AvgIpc) is 3.23. The molecule has 0 radical (unpaired) electrons. The average molecular weight is 385 g/mol. The fraction of sp³-hybridized carbons (Fsp3) is 0.450. The lowest BCUT2D eigenvalue weighted by Crippen LogP contribution is -2.53. The molecule has 8 nitrogen and oxygen atoms in total. The number of para-hydroxylation sites is 1. The van der Waals surface area contributed by atoms with Crippen molar-refractivity contribution >= 4 is 11.7 Å². The predicted octanol–water partition coefficient (Wildman–Crippen LogP) is 2.48. The molecule has 1 aromatic carbocycles. The van der Waals surface area contributed by atoms with E-state index in [-0.39, 0.29) is 17.3 Å². The second-order valence-electron chi connectivity index (χ2n) is 7.55. The van der Waals surface area contributed by atoms with Crippen LogP contribution in [-0.4, -0.2) is 47.4 Å². The van der Waals surface area contributed by atoms with Crippen LogP contribution in [0.15, 0.2) is 47.2 Å². The van der Waals surface area contributed by atoms with E-state index in [9.17, 15) is 4.79 Å². The van der Waals surface area contributed by atoms with Crippen LogP contribution in [0.4, 0.5) is 5.69 Å². The number of nitrogens with one attached hydrogen (secondary N) is 1. The van der Waals surface area contributed by atoms with Gasteiger partial charge in [-0.1, -0.05) is 29.8 Å². The molecule has 3 atom stereocenters. The number of hydrogen-bond acceptors (Lipinski definition) is 6. The maximum atomic E-state index is 12.7. The molecule has 4 aliphatic rings. The van der Waals surface area contributed by atoms with Crippen molar-refractivity contribution in [2.75, 3.05) is 25.5 Å². The first-order valence-electron chi connectivity index (χ1n) is 9.36. The summed E-state index contributed by atoms with van der Waals surface area (Å²) in [5.74, 6) is 0.0135. The van der Waals surface area contributed by atoms with Crippen molar-refractivity contribution in [1.29, 1.82) is 0 Å². The van der Waals surface area contributed by atoms with Gasteiger partial charge in [0.15, 0.2) is 0 Å². The largest absolute Gasteiger partial charge is 0.466 e. The zero-order chi connectivity index (χ0) is 20.1. The number of hydrogen-bond donors (Lipinski definition) is 2. The molecule has 3 aliphatic heterocycles. The number of ether oxygens (including phenoxy) is 1. The molecule has 0 amide bonds. The second-order valence-corrected chi connectivity index (χ2v) is 7.55. The molecule has 0 aromatic heterocycles. The molecule has 28 heavy (non-hydrogen) atoms. The molecule has 5 rings (SSSR count). The van der Waals surface area contributed by atoms with Gasteiger partial charge in [0, 0.05) is 36.4 Å². The number of fused-ring (bicyclic) bond motifs is 2. The number of anilines is 1. The number of piperidine rings is 1. The number of carbonyl (C=O) groups excluding carboxylic acids is 1. The summed E-state index contributed by atoms with van der Waals surface area (Å²) in [6, 6.07) is 9.03. The van der Waals surface area contributed by atoms with Crippen molar-refractivity contribution in [2.45, 2.75) is 31.2 Å². The van der Waals surface area contributed by atoms with Gasteiger partial charge in [-0.25, -0.2) is 4.79 Å². The quantitative estimate of drug-likeness (QED) is 0.331. The van der Waals surface area contributed by atoms with E-state index in [1.54, 1.807) is 0 Å². The van der Waals surface area contributed by atoms with Crippen molar-refractivity contribution in [3.05, 3.63) is 62.9 Å². The minimum Gasteiger partial charge on any atom is -0.466 e. The van der Waals surface area contributed by atoms with E-state index in [1.165, 1.54) is 18.2 Å². The van der Waals surface area contributed by atoms with Crippen molar-refractivity contribution in [3.63, 3.8) is 0 Å². The highest BCUT2D eigenvalue weighted by atomic mass is 16.9. The molecular weight excluding hydrogens is 362 g/mol. The van der Waals surface area contributed by atoms with Crippen LogP contribution < -0.4 is 5.32 Å². The number of rotatable bonds is 1. The van der Waals surface area contributed by atoms with Crippen LogP contribution in [0.3, 0.4) is 0 Å². The van der Waals surface area contributed by atoms with Crippen LogP contribution in [0.5, 0.6) is 0 Å². The Morgan fingerprint density at radius 1 is 1.46 bits per heavy atom. The minimum atomic E-state index is -1.50. The number of esters is 1. The lowest BCUT2D eigenvalue weighted by molar-refractivity contribution is -0.742. The van der Waals surface area contributed by atoms with E-state index in [1.807, 2.05) is 0 Å². The molecule has 148 valence electrons. The van der Waals surface area contributed by atoms with Gasteiger partial charge < -0.3 is 15.3 Å². The zero-order valence-corrected chi connectivity index (χ0v) is 15.8. The lowest BCUT2D eigenvalue weighted by atomic mass is 9.62. The molecule has 2 bridgehead atoms. The standard InChI is InChI=1S/C20H22N2O2.HNO3/c1-3-12-11-22-9-8-20-14-6-4-5-7-15(14)21-18(20)17(19(23)24-2)13(12)10-16(20)22;2-1(3)4/h3-7,13,16,21H,8-11H2,1-2H3;(H,2,3,4)/b12-3-;/t13-,16-,20+;/m0./s1. The Hall–Kier alpha value is -2.87. The number of nitrogens with zero attached hydrogens (tertiary/aromatic N) is 2. The van der Waals surface area contributed by atoms with Crippen LogP contribution in [0.1, 0.15) is 25.3 Å². The zero-order valence-electron chi connectivity index (χ0n) is 15.8. The maximum absolute atomic E-state index is 12.7. The third-order valence-corrected chi connectivity index (χ3v) is 6.60. The third-order valence-electron chi connectivity index (χ3n) is 6.60. The fourth-order valence-corrected chi connectivity index (χ4v) is 5.61. The van der Waals surface area contributed by atoms with E-state index in [0.29, 0.717) is 6.04 Å². The van der Waals surface area contributed by atoms with Crippen LogP contribution in [0, 0.1) is 16.0 Å². The van der Waals surface area contributed by atoms with Gasteiger partial charge in [-0.2, -0.15) is 0 Å². The van der Waals surface area contributed by atoms with Gasteiger partial charge in [0.25, 0.3) is 5.09 Å². The van der Waals surface area contributed by atoms with E-state index in [4.69, 9.17) is 20.1 Å². The first-order valence-corrected chi connectivity index (χ1v) is 9.36. The van der Waals surface area contributed by atoms with E-state index in [2.05, 4.69) is 47.5 Å². The number of methoxy groups -OCH3 is 1. The summed E-state index contributed by atoms with van der Waals surface area (Å²) in [5, 5.41) is 17.3. The Morgan fingerprint density at radius 2 is 2.18 bits per heavy atom. The van der Waals surface area contributed by atoms with Crippen molar-refractivity contribution in [2.24, 2.45) is 5.92 Å². The molecule has 2 N–H and O–H groups in total. The normalized spacial score (nSPS) is 30.7. The Balaban J connectivity index is 0.000000442. The highest BCUT2D eigenvalue weighted by Gasteiger charge is 2.62. The molecule has 2 fully saturated rings. The summed E-state index contributed by atoms with van der Waals surface area (Å²) in [5.41, 5.74) is 5.78. The second kappa shape index (κ2) is 6.63. The summed E-state index contributed by atoms with van der Waals surface area (Å²) >= 11 is 0. The van der Waals surface area contributed by atoms with Gasteiger partial charge >= 0.3 is 5.97 Å². The van der Waals surface area contributed by atoms with Gasteiger partial charge in [0.05, 0.1) is 18.1 Å². The Labute approximate surface area is 162 Å². The van der Waals surface area contributed by atoms with Gasteiger partial charge in [0.1, 0.15) is 0 Å². The minimum absolute atomic E-state index is 0.0596. The summed E-state index contributed by atoms with van der Waals surface area (Å²) < 4.78 is 5.21. The van der Waals surface area contributed by atoms with Crippen LogP contribution in [0.25, 0.3) is 0 Å². The highest BCUT2D eigenvalue weighted by Crippen LogP contribution is 2.61. The van der Waals surface area contributed by atoms with Crippen LogP contribution >= 0.6 is 0 Å². The summed E-state index contributed by atoms with van der Waals surface area (Å²) in [4.78, 5) is 23.7. The van der Waals surface area contributed by atoms with Crippen molar-refractivity contribution < 1.29 is 19.8 Å². The smallest absolute Gasteiger partial charge is 0.336 e. The summed E-state index contributed by atoms with van der Waals surface area (Å²) in [6.07, 6.45) is 4.28. The van der Waals surface area contributed by atoms with E-state index >= 15 is 0 Å². The molecule has 1 aromatic rings. The molecule has 0 saturated carbocycles. The first kappa shape index (κ1) is 18.5. The molecule has 8 heteroatoms. The highest BCUT2D eigenvalue weighted by molar-refractivity contribution is 5.94. The van der Waals surface area contributed by atoms with Gasteiger partial charge in [-0.15, -0.1) is 10.1 Å². The van der Waals surface area contributed by atoms with E-state index in [0.717, 1.165) is 42.9 Å². The lowest BCUT2D eigenvalue weighted by Gasteiger charge is -2.48. The van der Waals surface area contributed by atoms with Crippen molar-refractivity contribution in [3.8, 4) is 0 Å². The SMILES string of the molecule is C/C=C1/CN2CC[C@]34C(=C(C(=O)OC)[C@H]1C[C@H]23)Nc1ccccc14.O=[N+]([O-])O. The molecule has 2 saturated heterocycles. The number of benzene rings is 1. The number of allylic oxidation sites excluding steroid dienone is 1. The monoisotopic (exact) mass is 385 g/mol. The Morgan fingerprint density at radius 3 is 2.86 bits per heavy atom. The molecule has 1 aliphatic carbocycles. The summed E-state index contributed by atoms with van der Waals surface area (Å²) in [6.45, 7) is 4.15. The summed E-state index contributed by atoms with van der Waals surface area (Å²) in [7, 11) is 1.50. The predicted molar refractivity (Wildman–Crippen MR) is 101 cm³/mol. The number of carbonyl (C=O) groups is 1. The molecule has 0 unspecified atom stereocenters. The topological polar surface area (TPSA) is 105 Å². The van der Waals surface area contributed by atoms with Crippen molar-refractivity contribution in [1.82, 2.24) is 4.90 Å². The fourth-order valence-electron chi connectivity index (χ4n) is 5.61. The first-order chi connectivity index (χ1) is 13.4. The maximum Gasteiger partial charge on any atom is 0.336 e. The van der Waals surface area contributed by atoms with Gasteiger partial charge in [0.2, 0.25) is 0 Å². The third kappa shape index (κ3) is 2.44. The molecular formula is C20H23N3O5. The van der Waals surface area contributed by atoms with E-state index < -0.39 is 5.09 Å². The Kier molecular flexibility index (Phi) is 4.38. The van der Waals surface area contributed by atoms with Crippen LogP contribution in [0.2, 0.25) is 0 Å². The molecule has 1 spiro atoms. The van der Waals surface area contributed by atoms with Gasteiger partial charge in [-0.05, 0) is 31.4 Å². The molecule has 3 heterocycles. The van der Waals surface area contributed by atoms with Gasteiger partial charge in [-0.3, -0.25) is 4.90 Å². The van der Waals surface area contributed by atoms with Crippen LogP contribution in [-0.2, 0) is 14.9 Å². The Bertz CT molecular complexity index is 905.